The maximum Gasteiger partial charge on any atom is 0.239 e. The van der Waals surface area contributed by atoms with Crippen LogP contribution in [0.4, 0.5) is 5.82 Å². The highest BCUT2D eigenvalue weighted by Gasteiger charge is 2.09. The van der Waals surface area contributed by atoms with Crippen LogP contribution < -0.4 is 5.32 Å². The summed E-state index contributed by atoms with van der Waals surface area (Å²) in [5, 5.41) is 8.44. The minimum absolute atomic E-state index is 0.0950. The Kier molecular flexibility index (Phi) is 4.11. The summed E-state index contributed by atoms with van der Waals surface area (Å²) in [4.78, 5) is 14.9. The summed E-state index contributed by atoms with van der Waals surface area (Å²) in [6.45, 7) is 2.87. The molecule has 2 rings (SSSR count). The zero-order valence-electron chi connectivity index (χ0n) is 10.3. The van der Waals surface area contributed by atoms with Crippen molar-refractivity contribution in [2.24, 2.45) is 0 Å². The SMILES string of the molecule is Cc1cc(NC(=O)CN(C)Cc2cccs2)no1. The molecule has 2 heterocycles. The van der Waals surface area contributed by atoms with Crippen LogP contribution in [0.1, 0.15) is 10.6 Å². The number of likely N-dealkylation sites (N-methyl/N-ethyl adjacent to an activating group) is 1. The average Bonchev–Trinajstić information content (AvgIpc) is 2.90. The predicted molar refractivity (Wildman–Crippen MR) is 70.5 cm³/mol. The first-order valence-electron chi connectivity index (χ1n) is 5.57. The number of nitrogens with zero attached hydrogens (tertiary/aromatic N) is 2. The Morgan fingerprint density at radius 2 is 2.44 bits per heavy atom. The third kappa shape index (κ3) is 3.68. The van der Waals surface area contributed by atoms with Crippen LogP contribution in [-0.4, -0.2) is 29.6 Å². The number of aromatic nitrogens is 1. The minimum Gasteiger partial charge on any atom is -0.360 e. The molecule has 0 atom stereocenters. The van der Waals surface area contributed by atoms with Gasteiger partial charge in [0.15, 0.2) is 5.82 Å². The van der Waals surface area contributed by atoms with E-state index in [4.69, 9.17) is 4.52 Å². The monoisotopic (exact) mass is 265 g/mol. The number of thiophene rings is 1. The highest BCUT2D eigenvalue weighted by Crippen LogP contribution is 2.11. The van der Waals surface area contributed by atoms with E-state index in [1.807, 2.05) is 23.4 Å². The molecule has 0 aliphatic rings. The molecule has 18 heavy (non-hydrogen) atoms. The van der Waals surface area contributed by atoms with Crippen LogP contribution in [0, 0.1) is 6.92 Å². The molecule has 6 heteroatoms. The van der Waals surface area contributed by atoms with Crippen LogP contribution >= 0.6 is 11.3 Å². The van der Waals surface area contributed by atoms with E-state index >= 15 is 0 Å². The fourth-order valence-electron chi connectivity index (χ4n) is 1.58. The van der Waals surface area contributed by atoms with Gasteiger partial charge in [0.2, 0.25) is 5.91 Å². The molecule has 0 unspecified atom stereocenters. The van der Waals surface area contributed by atoms with Crippen LogP contribution in [0.15, 0.2) is 28.1 Å². The lowest BCUT2D eigenvalue weighted by molar-refractivity contribution is -0.117. The Labute approximate surface area is 109 Å². The number of nitrogens with one attached hydrogen (secondary N) is 1. The first-order chi connectivity index (χ1) is 8.63. The van der Waals surface area contributed by atoms with Gasteiger partial charge in [-0.25, -0.2) is 0 Å². The molecular weight excluding hydrogens is 250 g/mol. The summed E-state index contributed by atoms with van der Waals surface area (Å²) in [5.41, 5.74) is 0. The first-order valence-corrected chi connectivity index (χ1v) is 6.45. The van der Waals surface area contributed by atoms with Gasteiger partial charge in [0.05, 0.1) is 6.54 Å². The molecule has 0 spiro atoms. The summed E-state index contributed by atoms with van der Waals surface area (Å²) in [5.74, 6) is 1.04. The topological polar surface area (TPSA) is 58.4 Å². The van der Waals surface area contributed by atoms with Gasteiger partial charge >= 0.3 is 0 Å². The van der Waals surface area contributed by atoms with Gasteiger partial charge in [-0.15, -0.1) is 11.3 Å². The maximum absolute atomic E-state index is 11.7. The lowest BCUT2D eigenvalue weighted by atomic mass is 10.4. The van der Waals surface area contributed by atoms with Crippen molar-refractivity contribution in [2.75, 3.05) is 18.9 Å². The van der Waals surface area contributed by atoms with E-state index in [1.165, 1.54) is 4.88 Å². The van der Waals surface area contributed by atoms with Crippen LogP contribution in [-0.2, 0) is 11.3 Å². The van der Waals surface area contributed by atoms with Crippen molar-refractivity contribution >= 4 is 23.1 Å². The standard InChI is InChI=1S/C12H15N3O2S/c1-9-6-11(14-17-9)13-12(16)8-15(2)7-10-4-3-5-18-10/h3-6H,7-8H2,1-2H3,(H,13,14,16). The predicted octanol–water partition coefficient (Wildman–Crippen LogP) is 2.12. The van der Waals surface area contributed by atoms with Crippen molar-refractivity contribution in [1.82, 2.24) is 10.1 Å². The fourth-order valence-corrected chi connectivity index (χ4v) is 2.36. The summed E-state index contributed by atoms with van der Waals surface area (Å²) in [6, 6.07) is 5.75. The Morgan fingerprint density at radius 1 is 1.61 bits per heavy atom. The quantitative estimate of drug-likeness (QED) is 0.899. The van der Waals surface area contributed by atoms with Gasteiger partial charge in [-0.2, -0.15) is 0 Å². The van der Waals surface area contributed by atoms with Crippen LogP contribution in [0.3, 0.4) is 0 Å². The smallest absolute Gasteiger partial charge is 0.239 e. The maximum atomic E-state index is 11.7. The summed E-state index contributed by atoms with van der Waals surface area (Å²) < 4.78 is 4.88. The highest BCUT2D eigenvalue weighted by atomic mass is 32.1. The van der Waals surface area contributed by atoms with E-state index in [2.05, 4.69) is 16.5 Å². The zero-order chi connectivity index (χ0) is 13.0. The van der Waals surface area contributed by atoms with Crippen molar-refractivity contribution in [3.8, 4) is 0 Å². The molecule has 5 nitrogen and oxygen atoms in total. The van der Waals surface area contributed by atoms with Gasteiger partial charge in [-0.1, -0.05) is 11.2 Å². The number of hydrogen-bond acceptors (Lipinski definition) is 5. The largest absolute Gasteiger partial charge is 0.360 e. The number of aryl methyl sites for hydroxylation is 1. The van der Waals surface area contributed by atoms with Gasteiger partial charge in [0.1, 0.15) is 5.76 Å². The average molecular weight is 265 g/mol. The molecule has 96 valence electrons. The van der Waals surface area contributed by atoms with Crippen LogP contribution in [0.25, 0.3) is 0 Å². The van der Waals surface area contributed by atoms with Crippen LogP contribution in [0.5, 0.6) is 0 Å². The molecule has 0 saturated heterocycles. The molecule has 0 aliphatic heterocycles. The minimum atomic E-state index is -0.0950. The normalized spacial score (nSPS) is 10.8. The summed E-state index contributed by atoms with van der Waals surface area (Å²) >= 11 is 1.68. The van der Waals surface area contributed by atoms with E-state index in [-0.39, 0.29) is 5.91 Å². The van der Waals surface area contributed by atoms with Gasteiger partial charge < -0.3 is 9.84 Å². The number of carbonyl (C=O) groups is 1. The molecule has 0 fully saturated rings. The molecule has 0 radical (unpaired) electrons. The molecule has 0 bridgehead atoms. The van der Waals surface area contributed by atoms with Gasteiger partial charge in [-0.3, -0.25) is 9.69 Å². The van der Waals surface area contributed by atoms with Crippen molar-refractivity contribution in [3.05, 3.63) is 34.2 Å². The van der Waals surface area contributed by atoms with E-state index in [0.29, 0.717) is 18.1 Å². The molecular formula is C12H15N3O2S. The lowest BCUT2D eigenvalue weighted by Gasteiger charge is -2.14. The second-order valence-electron chi connectivity index (χ2n) is 4.12. The second kappa shape index (κ2) is 5.79. The summed E-state index contributed by atoms with van der Waals surface area (Å²) in [6.07, 6.45) is 0. The Morgan fingerprint density at radius 3 is 3.06 bits per heavy atom. The van der Waals surface area contributed by atoms with Gasteiger partial charge in [0, 0.05) is 17.5 Å². The molecule has 0 aliphatic carbocycles. The fraction of sp³-hybridized carbons (Fsp3) is 0.333. The van der Waals surface area contributed by atoms with Crippen LogP contribution in [0.2, 0.25) is 0 Å². The van der Waals surface area contributed by atoms with E-state index in [0.717, 1.165) is 6.54 Å². The summed E-state index contributed by atoms with van der Waals surface area (Å²) in [7, 11) is 1.91. The highest BCUT2D eigenvalue weighted by molar-refractivity contribution is 7.09. The van der Waals surface area contributed by atoms with E-state index in [9.17, 15) is 4.79 Å². The number of carbonyl (C=O) groups excluding carboxylic acids is 1. The number of anilines is 1. The second-order valence-corrected chi connectivity index (χ2v) is 5.15. The number of hydrogen-bond donors (Lipinski definition) is 1. The first kappa shape index (κ1) is 12.8. The Hall–Kier alpha value is -1.66. The lowest BCUT2D eigenvalue weighted by Crippen LogP contribution is -2.29. The van der Waals surface area contributed by atoms with Gasteiger partial charge in [0.25, 0.3) is 0 Å². The van der Waals surface area contributed by atoms with Crippen molar-refractivity contribution in [1.29, 1.82) is 0 Å². The van der Waals surface area contributed by atoms with Gasteiger partial charge in [-0.05, 0) is 25.4 Å². The molecule has 1 N–H and O–H groups in total. The van der Waals surface area contributed by atoms with Crippen molar-refractivity contribution < 1.29 is 9.32 Å². The molecule has 1 amide bonds. The Bertz CT molecular complexity index is 507. The molecule has 2 aromatic rings. The number of amides is 1. The van der Waals surface area contributed by atoms with E-state index in [1.54, 1.807) is 24.3 Å². The van der Waals surface area contributed by atoms with E-state index < -0.39 is 0 Å². The zero-order valence-corrected chi connectivity index (χ0v) is 11.2. The third-order valence-electron chi connectivity index (χ3n) is 2.31. The Balaban J connectivity index is 1.80. The molecule has 0 saturated carbocycles. The van der Waals surface area contributed by atoms with Crippen molar-refractivity contribution in [2.45, 2.75) is 13.5 Å². The molecule has 0 aromatic carbocycles. The third-order valence-corrected chi connectivity index (χ3v) is 3.18. The number of rotatable bonds is 5. The van der Waals surface area contributed by atoms with Crippen molar-refractivity contribution in [3.63, 3.8) is 0 Å². The molecule has 2 aromatic heterocycles.